The molecule has 134 valence electrons. The lowest BCUT2D eigenvalue weighted by molar-refractivity contribution is -0.139. The molecule has 0 radical (unpaired) electrons. The lowest BCUT2D eigenvalue weighted by atomic mass is 9.85. The average Bonchev–Trinajstić information content (AvgIpc) is 2.50. The van der Waals surface area contributed by atoms with Gasteiger partial charge in [0.15, 0.2) is 0 Å². The maximum Gasteiger partial charge on any atom is 0.329 e. The van der Waals surface area contributed by atoms with E-state index in [0.29, 0.717) is 10.9 Å². The molecule has 3 N–H and O–H groups in total. The van der Waals surface area contributed by atoms with E-state index in [1.807, 2.05) is 0 Å². The quantitative estimate of drug-likeness (QED) is 0.710. The zero-order valence-corrected chi connectivity index (χ0v) is 14.3. The minimum Gasteiger partial charge on any atom is -0.481 e. The number of fused-ring (bicyclic) bond motifs is 1. The van der Waals surface area contributed by atoms with E-state index in [0.717, 1.165) is 4.57 Å². The largest absolute Gasteiger partial charge is 0.481 e. The number of nitrogens with zero attached hydrogens (tertiary/aromatic N) is 1. The van der Waals surface area contributed by atoms with Crippen LogP contribution in [0.4, 0.5) is 0 Å². The number of aliphatic carboxylic acids is 1. The summed E-state index contributed by atoms with van der Waals surface area (Å²) < 4.78 is 0.805. The maximum atomic E-state index is 12.4. The van der Waals surface area contributed by atoms with Crippen molar-refractivity contribution in [3.8, 4) is 0 Å². The van der Waals surface area contributed by atoms with Gasteiger partial charge in [-0.25, -0.2) is 4.79 Å². The van der Waals surface area contributed by atoms with Crippen LogP contribution in [0.2, 0.25) is 0 Å². The van der Waals surface area contributed by atoms with Crippen LogP contribution in [0.5, 0.6) is 0 Å². The summed E-state index contributed by atoms with van der Waals surface area (Å²) >= 11 is 0. The Kier molecular flexibility index (Phi) is 5.10. The molecule has 8 heteroatoms. The molecule has 0 aliphatic rings. The molecular weight excluding hydrogens is 326 g/mol. The third-order valence-corrected chi connectivity index (χ3v) is 4.41. The number of amides is 1. The number of nitrogens with one attached hydrogen (secondary N) is 2. The second kappa shape index (κ2) is 6.92. The number of rotatable bonds is 6. The van der Waals surface area contributed by atoms with Gasteiger partial charge in [-0.2, -0.15) is 0 Å². The van der Waals surface area contributed by atoms with Crippen molar-refractivity contribution in [1.82, 2.24) is 14.9 Å². The normalized spacial score (nSPS) is 13.6. The van der Waals surface area contributed by atoms with Gasteiger partial charge in [0.2, 0.25) is 5.91 Å². The Bertz CT molecular complexity index is 928. The summed E-state index contributed by atoms with van der Waals surface area (Å²) in [4.78, 5) is 50.5. The third-order valence-electron chi connectivity index (χ3n) is 4.41. The molecule has 1 aromatic carbocycles. The van der Waals surface area contributed by atoms with E-state index >= 15 is 0 Å². The van der Waals surface area contributed by atoms with Gasteiger partial charge < -0.3 is 15.4 Å². The summed E-state index contributed by atoms with van der Waals surface area (Å²) in [6, 6.07) is 6.51. The monoisotopic (exact) mass is 347 g/mol. The van der Waals surface area contributed by atoms with E-state index in [2.05, 4.69) is 10.3 Å². The zero-order valence-electron chi connectivity index (χ0n) is 14.3. The Morgan fingerprint density at radius 2 is 1.92 bits per heavy atom. The molecule has 0 fully saturated rings. The number of aromatic nitrogens is 2. The van der Waals surface area contributed by atoms with Gasteiger partial charge in [0.1, 0.15) is 6.54 Å². The Hall–Kier alpha value is -2.90. The fourth-order valence-corrected chi connectivity index (χ4v) is 2.55. The number of benzene rings is 1. The first kappa shape index (κ1) is 18.4. The average molecular weight is 347 g/mol. The molecule has 1 aromatic heterocycles. The number of carbonyl (C=O) groups excluding carboxylic acids is 1. The van der Waals surface area contributed by atoms with Gasteiger partial charge in [0, 0.05) is 0 Å². The van der Waals surface area contributed by atoms with E-state index in [4.69, 9.17) is 5.11 Å². The van der Waals surface area contributed by atoms with Crippen molar-refractivity contribution < 1.29 is 14.7 Å². The van der Waals surface area contributed by atoms with Gasteiger partial charge in [-0.15, -0.1) is 0 Å². The first-order valence-electron chi connectivity index (χ1n) is 7.88. The highest BCUT2D eigenvalue weighted by molar-refractivity contribution is 5.80. The SMILES string of the molecule is CC(C)C(C)(CC(=O)O)NC(=O)Cn1c(=O)[nH]c2ccccc2c1=O. The summed E-state index contributed by atoms with van der Waals surface area (Å²) in [6.07, 6.45) is -0.265. The number of carboxylic acid groups (broad SMARTS) is 1. The van der Waals surface area contributed by atoms with Gasteiger partial charge >= 0.3 is 11.7 Å². The molecule has 1 heterocycles. The smallest absolute Gasteiger partial charge is 0.329 e. The third kappa shape index (κ3) is 3.96. The molecule has 0 aliphatic heterocycles. The lowest BCUT2D eigenvalue weighted by Crippen LogP contribution is -2.53. The highest BCUT2D eigenvalue weighted by Gasteiger charge is 2.33. The van der Waals surface area contributed by atoms with Crippen molar-refractivity contribution in [2.24, 2.45) is 5.92 Å². The summed E-state index contributed by atoms with van der Waals surface area (Å²) in [7, 11) is 0. The molecule has 0 saturated heterocycles. The van der Waals surface area contributed by atoms with Crippen LogP contribution in [0.1, 0.15) is 27.2 Å². The molecular formula is C17H21N3O5. The molecule has 2 rings (SSSR count). The second-order valence-corrected chi connectivity index (χ2v) is 6.56. The fourth-order valence-electron chi connectivity index (χ4n) is 2.55. The van der Waals surface area contributed by atoms with Crippen molar-refractivity contribution >= 4 is 22.8 Å². The highest BCUT2D eigenvalue weighted by Crippen LogP contribution is 2.20. The Labute approximate surface area is 143 Å². The van der Waals surface area contributed by atoms with E-state index in [1.54, 1.807) is 45.0 Å². The van der Waals surface area contributed by atoms with Gasteiger partial charge in [0.25, 0.3) is 5.56 Å². The number of carboxylic acids is 1. The topological polar surface area (TPSA) is 121 Å². The predicted molar refractivity (Wildman–Crippen MR) is 92.5 cm³/mol. The molecule has 2 aromatic rings. The summed E-state index contributed by atoms with van der Waals surface area (Å²) in [5, 5.41) is 12.0. The number of hydrogen-bond acceptors (Lipinski definition) is 4. The first-order valence-corrected chi connectivity index (χ1v) is 7.88. The van der Waals surface area contributed by atoms with Crippen LogP contribution in [-0.4, -0.2) is 32.1 Å². The maximum absolute atomic E-state index is 12.4. The second-order valence-electron chi connectivity index (χ2n) is 6.56. The minimum absolute atomic E-state index is 0.154. The standard InChI is InChI=1S/C17H21N3O5/c1-10(2)17(3,8-14(22)23)19-13(21)9-20-15(24)11-6-4-5-7-12(11)18-16(20)25/h4-7,10H,8-9H2,1-3H3,(H,18,25)(H,19,21)(H,22,23). The molecule has 0 aliphatic carbocycles. The molecule has 25 heavy (non-hydrogen) atoms. The number of H-pyrrole nitrogens is 1. The van der Waals surface area contributed by atoms with Crippen molar-refractivity contribution in [3.05, 3.63) is 45.1 Å². The van der Waals surface area contributed by atoms with Gasteiger partial charge in [0.05, 0.1) is 22.9 Å². The molecule has 1 amide bonds. The Morgan fingerprint density at radius 1 is 1.28 bits per heavy atom. The number of hydrogen-bond donors (Lipinski definition) is 3. The van der Waals surface area contributed by atoms with E-state index in [9.17, 15) is 19.2 Å². The van der Waals surface area contributed by atoms with Crippen molar-refractivity contribution in [2.45, 2.75) is 39.3 Å². The van der Waals surface area contributed by atoms with Crippen LogP contribution in [0.25, 0.3) is 10.9 Å². The predicted octanol–water partition coefficient (Wildman–Crippen LogP) is 0.695. The van der Waals surface area contributed by atoms with Crippen LogP contribution >= 0.6 is 0 Å². The molecule has 8 nitrogen and oxygen atoms in total. The number of carbonyl (C=O) groups is 2. The lowest BCUT2D eigenvalue weighted by Gasteiger charge is -2.33. The molecule has 1 unspecified atom stereocenters. The van der Waals surface area contributed by atoms with Crippen LogP contribution in [0.3, 0.4) is 0 Å². The number of aromatic amines is 1. The summed E-state index contributed by atoms with van der Waals surface area (Å²) in [6.45, 7) is 4.72. The van der Waals surface area contributed by atoms with Gasteiger partial charge in [-0.05, 0) is 25.0 Å². The zero-order chi connectivity index (χ0) is 18.8. The van der Waals surface area contributed by atoms with Crippen molar-refractivity contribution in [2.75, 3.05) is 0 Å². The van der Waals surface area contributed by atoms with Crippen molar-refractivity contribution in [1.29, 1.82) is 0 Å². The highest BCUT2D eigenvalue weighted by atomic mass is 16.4. The van der Waals surface area contributed by atoms with E-state index in [1.165, 1.54) is 0 Å². The first-order chi connectivity index (χ1) is 11.6. The number of para-hydroxylation sites is 1. The van der Waals surface area contributed by atoms with Crippen LogP contribution < -0.4 is 16.6 Å². The Morgan fingerprint density at radius 3 is 2.52 bits per heavy atom. The molecule has 0 saturated carbocycles. The van der Waals surface area contributed by atoms with E-state index in [-0.39, 0.29) is 12.3 Å². The van der Waals surface area contributed by atoms with Crippen molar-refractivity contribution in [3.63, 3.8) is 0 Å². The van der Waals surface area contributed by atoms with Crippen LogP contribution in [-0.2, 0) is 16.1 Å². The molecule has 0 spiro atoms. The van der Waals surface area contributed by atoms with Gasteiger partial charge in [-0.3, -0.25) is 19.0 Å². The molecule has 1 atom stereocenters. The minimum atomic E-state index is -1.04. The van der Waals surface area contributed by atoms with Gasteiger partial charge in [-0.1, -0.05) is 26.0 Å². The summed E-state index contributed by atoms with van der Waals surface area (Å²) in [5.74, 6) is -1.79. The Balaban J connectivity index is 2.32. The molecule has 0 bridgehead atoms. The van der Waals surface area contributed by atoms with Crippen LogP contribution in [0.15, 0.2) is 33.9 Å². The van der Waals surface area contributed by atoms with E-state index < -0.39 is 35.2 Å². The summed E-state index contributed by atoms with van der Waals surface area (Å²) in [5.41, 5.74) is -1.86. The van der Waals surface area contributed by atoms with Crippen LogP contribution in [0, 0.1) is 5.92 Å². The fraction of sp³-hybridized carbons (Fsp3) is 0.412.